The third-order valence-corrected chi connectivity index (χ3v) is 3.76. The summed E-state index contributed by atoms with van der Waals surface area (Å²) in [5.74, 6) is -0.749. The number of aliphatic carboxylic acids is 1. The van der Waals surface area contributed by atoms with Crippen molar-refractivity contribution in [2.45, 2.75) is 31.1 Å². The van der Waals surface area contributed by atoms with Gasteiger partial charge in [-0.15, -0.1) is 0 Å². The van der Waals surface area contributed by atoms with E-state index in [1.807, 2.05) is 0 Å². The van der Waals surface area contributed by atoms with Crippen molar-refractivity contribution >= 4 is 16.9 Å². The number of hydrogen-bond acceptors (Lipinski definition) is 3. The monoisotopic (exact) mass is 231 g/mol. The molecule has 0 saturated heterocycles. The Morgan fingerprint density at radius 2 is 2.18 bits per heavy atom. The lowest BCUT2D eigenvalue weighted by atomic mass is 9.79. The van der Waals surface area contributed by atoms with Crippen molar-refractivity contribution in [3.63, 3.8) is 0 Å². The van der Waals surface area contributed by atoms with Gasteiger partial charge in [-0.1, -0.05) is 12.8 Å². The number of fused-ring (bicyclic) bond motifs is 1. The third-order valence-electron chi connectivity index (χ3n) is 3.76. The summed E-state index contributed by atoms with van der Waals surface area (Å²) >= 11 is 0. The van der Waals surface area contributed by atoms with Crippen LogP contribution in [0.5, 0.6) is 0 Å². The average molecular weight is 231 g/mol. The number of aromatic nitrogens is 1. The van der Waals surface area contributed by atoms with Crippen LogP contribution in [0, 0.1) is 0 Å². The first-order chi connectivity index (χ1) is 8.24. The SMILES string of the molecule is O=C(O)C1(c2coc3ccncc23)CCCC1. The molecule has 0 radical (unpaired) electrons. The van der Waals surface area contributed by atoms with Crippen LogP contribution >= 0.6 is 0 Å². The Labute approximate surface area is 98.3 Å². The molecule has 1 N–H and O–H groups in total. The molecule has 0 amide bonds. The molecular weight excluding hydrogens is 218 g/mol. The van der Waals surface area contributed by atoms with Crippen molar-refractivity contribution in [1.82, 2.24) is 4.98 Å². The maximum atomic E-state index is 11.6. The van der Waals surface area contributed by atoms with E-state index in [0.717, 1.165) is 23.8 Å². The lowest BCUT2D eigenvalue weighted by Gasteiger charge is -2.22. The second-order valence-corrected chi connectivity index (χ2v) is 4.62. The Hall–Kier alpha value is -1.84. The molecule has 0 aliphatic heterocycles. The van der Waals surface area contributed by atoms with E-state index in [2.05, 4.69) is 4.98 Å². The highest BCUT2D eigenvalue weighted by Crippen LogP contribution is 2.44. The zero-order valence-electron chi connectivity index (χ0n) is 9.35. The van der Waals surface area contributed by atoms with Crippen molar-refractivity contribution < 1.29 is 14.3 Å². The minimum Gasteiger partial charge on any atom is -0.481 e. The van der Waals surface area contributed by atoms with Crippen LogP contribution < -0.4 is 0 Å². The highest BCUT2D eigenvalue weighted by atomic mass is 16.4. The maximum Gasteiger partial charge on any atom is 0.314 e. The van der Waals surface area contributed by atoms with E-state index in [0.29, 0.717) is 18.4 Å². The molecule has 4 heteroatoms. The number of carboxylic acids is 1. The lowest BCUT2D eigenvalue weighted by Crippen LogP contribution is -2.32. The summed E-state index contributed by atoms with van der Waals surface area (Å²) in [4.78, 5) is 15.7. The largest absolute Gasteiger partial charge is 0.481 e. The van der Waals surface area contributed by atoms with E-state index < -0.39 is 11.4 Å². The predicted molar refractivity (Wildman–Crippen MR) is 61.8 cm³/mol. The first-order valence-corrected chi connectivity index (χ1v) is 5.79. The number of furan rings is 1. The van der Waals surface area contributed by atoms with Crippen LogP contribution in [0.1, 0.15) is 31.2 Å². The van der Waals surface area contributed by atoms with Gasteiger partial charge in [-0.05, 0) is 18.9 Å². The molecule has 1 fully saturated rings. The van der Waals surface area contributed by atoms with Gasteiger partial charge in [-0.3, -0.25) is 9.78 Å². The topological polar surface area (TPSA) is 63.3 Å². The zero-order valence-corrected chi connectivity index (χ0v) is 9.35. The minimum absolute atomic E-state index is 0.686. The van der Waals surface area contributed by atoms with Gasteiger partial charge >= 0.3 is 5.97 Å². The van der Waals surface area contributed by atoms with Gasteiger partial charge in [0.1, 0.15) is 5.58 Å². The van der Waals surface area contributed by atoms with E-state index in [1.54, 1.807) is 24.7 Å². The summed E-state index contributed by atoms with van der Waals surface area (Å²) in [5, 5.41) is 10.4. The lowest BCUT2D eigenvalue weighted by molar-refractivity contribution is -0.143. The predicted octanol–water partition coefficient (Wildman–Crippen LogP) is 2.72. The van der Waals surface area contributed by atoms with Gasteiger partial charge in [0.25, 0.3) is 0 Å². The summed E-state index contributed by atoms with van der Waals surface area (Å²) in [6.07, 6.45) is 8.22. The molecule has 1 saturated carbocycles. The first-order valence-electron chi connectivity index (χ1n) is 5.79. The van der Waals surface area contributed by atoms with Crippen molar-refractivity contribution in [2.75, 3.05) is 0 Å². The number of nitrogens with zero attached hydrogens (tertiary/aromatic N) is 1. The van der Waals surface area contributed by atoms with Crippen molar-refractivity contribution in [1.29, 1.82) is 0 Å². The smallest absolute Gasteiger partial charge is 0.314 e. The van der Waals surface area contributed by atoms with Crippen molar-refractivity contribution in [3.05, 3.63) is 30.3 Å². The number of pyridine rings is 1. The molecule has 0 aromatic carbocycles. The van der Waals surface area contributed by atoms with Crippen LogP contribution in [0.3, 0.4) is 0 Å². The van der Waals surface area contributed by atoms with Gasteiger partial charge in [0.05, 0.1) is 11.7 Å². The van der Waals surface area contributed by atoms with E-state index in [4.69, 9.17) is 4.42 Å². The fourth-order valence-electron chi connectivity index (χ4n) is 2.82. The van der Waals surface area contributed by atoms with E-state index in [1.165, 1.54) is 0 Å². The number of carbonyl (C=O) groups is 1. The molecule has 0 atom stereocenters. The first kappa shape index (κ1) is 10.3. The minimum atomic E-state index is -0.770. The van der Waals surface area contributed by atoms with Crippen LogP contribution in [-0.2, 0) is 10.2 Å². The zero-order chi connectivity index (χ0) is 11.9. The van der Waals surface area contributed by atoms with Crippen LogP contribution in [0.4, 0.5) is 0 Å². The molecule has 17 heavy (non-hydrogen) atoms. The molecular formula is C13H13NO3. The fourth-order valence-corrected chi connectivity index (χ4v) is 2.82. The summed E-state index contributed by atoms with van der Waals surface area (Å²) in [6, 6.07) is 1.77. The highest BCUT2D eigenvalue weighted by molar-refractivity contribution is 5.90. The summed E-state index contributed by atoms with van der Waals surface area (Å²) in [7, 11) is 0. The van der Waals surface area contributed by atoms with Gasteiger partial charge in [0.2, 0.25) is 0 Å². The molecule has 3 rings (SSSR count). The third kappa shape index (κ3) is 1.37. The molecule has 2 aromatic heterocycles. The van der Waals surface area contributed by atoms with E-state index in [-0.39, 0.29) is 0 Å². The molecule has 4 nitrogen and oxygen atoms in total. The van der Waals surface area contributed by atoms with Gasteiger partial charge in [0, 0.05) is 23.3 Å². The normalized spacial score (nSPS) is 18.6. The molecule has 88 valence electrons. The summed E-state index contributed by atoms with van der Waals surface area (Å²) in [6.45, 7) is 0. The Bertz CT molecular complexity index is 567. The quantitative estimate of drug-likeness (QED) is 0.863. The van der Waals surface area contributed by atoms with Gasteiger partial charge < -0.3 is 9.52 Å². The molecule has 1 aliphatic rings. The Morgan fingerprint density at radius 1 is 1.41 bits per heavy atom. The Balaban J connectivity index is 2.22. The fraction of sp³-hybridized carbons (Fsp3) is 0.385. The summed E-state index contributed by atoms with van der Waals surface area (Å²) < 4.78 is 5.43. The molecule has 0 bridgehead atoms. The highest BCUT2D eigenvalue weighted by Gasteiger charge is 2.44. The van der Waals surface area contributed by atoms with Crippen LogP contribution in [0.2, 0.25) is 0 Å². The Morgan fingerprint density at radius 3 is 2.88 bits per heavy atom. The van der Waals surface area contributed by atoms with Gasteiger partial charge in [0.15, 0.2) is 0 Å². The van der Waals surface area contributed by atoms with Crippen molar-refractivity contribution in [2.24, 2.45) is 0 Å². The molecule has 1 aliphatic carbocycles. The second kappa shape index (κ2) is 3.58. The second-order valence-electron chi connectivity index (χ2n) is 4.62. The van der Waals surface area contributed by atoms with Gasteiger partial charge in [-0.2, -0.15) is 0 Å². The molecule has 0 unspecified atom stereocenters. The van der Waals surface area contributed by atoms with Gasteiger partial charge in [-0.25, -0.2) is 0 Å². The standard InChI is InChI=1S/C13H13NO3/c15-12(16)13(4-1-2-5-13)10-8-17-11-3-6-14-7-9(10)11/h3,6-8H,1-2,4-5H2,(H,15,16). The number of carboxylic acid groups (broad SMARTS) is 1. The maximum absolute atomic E-state index is 11.6. The summed E-state index contributed by atoms with van der Waals surface area (Å²) in [5.41, 5.74) is 0.724. The molecule has 0 spiro atoms. The van der Waals surface area contributed by atoms with E-state index >= 15 is 0 Å². The van der Waals surface area contributed by atoms with Crippen LogP contribution in [-0.4, -0.2) is 16.1 Å². The van der Waals surface area contributed by atoms with E-state index in [9.17, 15) is 9.90 Å². The van der Waals surface area contributed by atoms with Crippen LogP contribution in [0.15, 0.2) is 29.1 Å². The van der Waals surface area contributed by atoms with Crippen LogP contribution in [0.25, 0.3) is 11.0 Å². The molecule has 2 aromatic rings. The molecule has 2 heterocycles. The van der Waals surface area contributed by atoms with Crippen molar-refractivity contribution in [3.8, 4) is 0 Å². The Kier molecular flexibility index (Phi) is 2.18. The number of hydrogen-bond donors (Lipinski definition) is 1. The average Bonchev–Trinajstić information content (AvgIpc) is 2.95. The number of rotatable bonds is 2.